The number of aromatic nitrogens is 1. The highest BCUT2D eigenvalue weighted by Crippen LogP contribution is 2.27. The van der Waals surface area contributed by atoms with E-state index in [1.807, 2.05) is 97.9 Å². The summed E-state index contributed by atoms with van der Waals surface area (Å²) in [5.74, 6) is -0.427. The number of nitrogens with zero attached hydrogens (tertiary/aromatic N) is 1. The fraction of sp³-hybridized carbons (Fsp3) is 0.286. The summed E-state index contributed by atoms with van der Waals surface area (Å²) in [5.41, 5.74) is 5.23. The van der Waals surface area contributed by atoms with Crippen molar-refractivity contribution in [2.24, 2.45) is 0 Å². The van der Waals surface area contributed by atoms with Crippen LogP contribution in [0.5, 0.6) is 0 Å². The number of ketones is 1. The molecule has 1 heterocycles. The van der Waals surface area contributed by atoms with Crippen LogP contribution in [-0.4, -0.2) is 31.4 Å². The number of pyridine rings is 1. The van der Waals surface area contributed by atoms with E-state index < -0.39 is 8.07 Å². The van der Waals surface area contributed by atoms with E-state index in [1.54, 1.807) is 0 Å². The van der Waals surface area contributed by atoms with E-state index >= 15 is 0 Å². The van der Waals surface area contributed by atoms with E-state index in [-0.39, 0.29) is 17.7 Å². The van der Waals surface area contributed by atoms with E-state index in [9.17, 15) is 9.59 Å². The topological polar surface area (TPSA) is 56.3 Å². The SMILES string of the molecule is CCC(C(=O)OCC[Si](C)(C)C)c1ccccc1CCC(=O)c1cccc(C=Cc2ccc3ccc(Cl)cc3n2)c1. The third-order valence-corrected chi connectivity index (χ3v) is 9.11. The third-order valence-electron chi connectivity index (χ3n) is 7.17. The molecule has 212 valence electrons. The molecule has 0 aliphatic carbocycles. The van der Waals surface area contributed by atoms with Crippen molar-refractivity contribution in [3.8, 4) is 0 Å². The zero-order valence-corrected chi connectivity index (χ0v) is 26.1. The smallest absolute Gasteiger partial charge is 0.313 e. The molecule has 1 aromatic heterocycles. The largest absolute Gasteiger partial charge is 0.466 e. The summed E-state index contributed by atoms with van der Waals surface area (Å²) >= 11 is 6.12. The number of hydrogen-bond acceptors (Lipinski definition) is 4. The number of hydrogen-bond donors (Lipinski definition) is 0. The molecule has 0 N–H and O–H groups in total. The van der Waals surface area contributed by atoms with Crippen molar-refractivity contribution in [1.82, 2.24) is 4.98 Å². The third kappa shape index (κ3) is 8.72. The van der Waals surface area contributed by atoms with Crippen molar-refractivity contribution in [3.63, 3.8) is 0 Å². The van der Waals surface area contributed by atoms with Gasteiger partial charge >= 0.3 is 5.97 Å². The number of Topliss-reactive ketones (excluding diaryl/α,β-unsaturated/α-hetero) is 1. The molecule has 0 bridgehead atoms. The Kier molecular flexibility index (Phi) is 10.3. The van der Waals surface area contributed by atoms with Crippen molar-refractivity contribution >= 4 is 54.5 Å². The van der Waals surface area contributed by atoms with Crippen molar-refractivity contribution in [2.75, 3.05) is 6.61 Å². The summed E-state index contributed by atoms with van der Waals surface area (Å²) in [6, 6.07) is 26.2. The second-order valence-corrected chi connectivity index (χ2v) is 17.7. The molecule has 0 radical (unpaired) electrons. The van der Waals surface area contributed by atoms with Crippen molar-refractivity contribution in [1.29, 1.82) is 0 Å². The first kappa shape index (κ1) is 30.4. The molecule has 4 aromatic rings. The van der Waals surface area contributed by atoms with Crippen LogP contribution in [0.15, 0.2) is 78.9 Å². The summed E-state index contributed by atoms with van der Waals surface area (Å²) in [5, 5.41) is 1.69. The van der Waals surface area contributed by atoms with Gasteiger partial charge in [0, 0.05) is 30.5 Å². The first-order valence-corrected chi connectivity index (χ1v) is 18.3. The molecule has 0 aliphatic rings. The zero-order valence-electron chi connectivity index (χ0n) is 24.3. The minimum absolute atomic E-state index is 0.0688. The maximum Gasteiger partial charge on any atom is 0.313 e. The second-order valence-electron chi connectivity index (χ2n) is 11.6. The van der Waals surface area contributed by atoms with Gasteiger partial charge in [-0.05, 0) is 65.9 Å². The Bertz CT molecular complexity index is 1560. The Labute approximate surface area is 249 Å². The molecule has 1 unspecified atom stereocenters. The molecule has 41 heavy (non-hydrogen) atoms. The fourth-order valence-corrected chi connectivity index (χ4v) is 5.64. The van der Waals surface area contributed by atoms with Crippen LogP contribution >= 0.6 is 11.6 Å². The molecule has 1 atom stereocenters. The lowest BCUT2D eigenvalue weighted by atomic mass is 9.89. The summed E-state index contributed by atoms with van der Waals surface area (Å²) in [7, 11) is -1.28. The van der Waals surface area contributed by atoms with Crippen LogP contribution in [0.25, 0.3) is 23.1 Å². The Balaban J connectivity index is 1.42. The molecular formula is C35H38ClNO3Si. The summed E-state index contributed by atoms with van der Waals surface area (Å²) in [6.07, 6.45) is 5.48. The van der Waals surface area contributed by atoms with E-state index in [1.165, 1.54) is 0 Å². The van der Waals surface area contributed by atoms with Gasteiger partial charge in [-0.15, -0.1) is 0 Å². The monoisotopic (exact) mass is 583 g/mol. The zero-order chi connectivity index (χ0) is 29.4. The van der Waals surface area contributed by atoms with Crippen LogP contribution < -0.4 is 0 Å². The Morgan fingerprint density at radius 3 is 2.51 bits per heavy atom. The van der Waals surface area contributed by atoms with Crippen LogP contribution in [0.1, 0.15) is 58.4 Å². The number of carbonyl (C=O) groups excluding carboxylic acids is 2. The minimum Gasteiger partial charge on any atom is -0.466 e. The number of carbonyl (C=O) groups is 2. The number of halogens is 1. The summed E-state index contributed by atoms with van der Waals surface area (Å²) < 4.78 is 5.68. The molecule has 3 aromatic carbocycles. The number of fused-ring (bicyclic) bond motifs is 1. The van der Waals surface area contributed by atoms with Crippen LogP contribution in [0.3, 0.4) is 0 Å². The van der Waals surface area contributed by atoms with E-state index in [0.717, 1.165) is 39.3 Å². The normalized spacial score (nSPS) is 12.5. The fourth-order valence-electron chi connectivity index (χ4n) is 4.76. The lowest BCUT2D eigenvalue weighted by Crippen LogP contribution is -2.24. The van der Waals surface area contributed by atoms with Crippen molar-refractivity contribution < 1.29 is 14.3 Å². The number of rotatable bonds is 12. The van der Waals surface area contributed by atoms with Gasteiger partial charge in [0.1, 0.15) is 0 Å². The number of benzene rings is 3. The van der Waals surface area contributed by atoms with E-state index in [0.29, 0.717) is 36.5 Å². The Morgan fingerprint density at radius 2 is 1.73 bits per heavy atom. The molecule has 0 spiro atoms. The molecule has 4 nitrogen and oxygen atoms in total. The number of aryl methyl sites for hydroxylation is 1. The summed E-state index contributed by atoms with van der Waals surface area (Å²) in [4.78, 5) is 30.8. The number of ether oxygens (including phenoxy) is 1. The van der Waals surface area contributed by atoms with Crippen molar-refractivity contribution in [2.45, 2.75) is 57.8 Å². The predicted octanol–water partition coefficient (Wildman–Crippen LogP) is 9.25. The second kappa shape index (κ2) is 13.9. The first-order chi connectivity index (χ1) is 19.6. The molecule has 0 saturated carbocycles. The molecular weight excluding hydrogens is 546 g/mol. The van der Waals surface area contributed by atoms with Gasteiger partial charge in [0.15, 0.2) is 5.78 Å². The van der Waals surface area contributed by atoms with Gasteiger partial charge in [-0.25, -0.2) is 4.98 Å². The Morgan fingerprint density at radius 1 is 0.951 bits per heavy atom. The molecule has 0 saturated heterocycles. The maximum atomic E-state index is 13.2. The van der Waals surface area contributed by atoms with Gasteiger partial charge in [0.25, 0.3) is 0 Å². The minimum atomic E-state index is -1.28. The first-order valence-electron chi connectivity index (χ1n) is 14.2. The molecule has 0 amide bonds. The van der Waals surface area contributed by atoms with Gasteiger partial charge in [0.2, 0.25) is 0 Å². The van der Waals surface area contributed by atoms with Crippen LogP contribution in [0.2, 0.25) is 30.7 Å². The van der Waals surface area contributed by atoms with Crippen LogP contribution in [0, 0.1) is 0 Å². The quantitative estimate of drug-likeness (QED) is 0.0947. The van der Waals surface area contributed by atoms with E-state index in [2.05, 4.69) is 24.6 Å². The standard InChI is InChI=1S/C35H38ClNO3Si/c1-5-31(35(39)40-21-22-41(2,3)4)32-12-7-6-10-26(32)16-20-34(38)28-11-8-9-25(23-28)13-18-30-19-15-27-14-17-29(36)24-33(27)37-30/h6-15,17-19,23-24,31H,5,16,20-22H2,1-4H3. The van der Waals surface area contributed by atoms with Gasteiger partial charge in [-0.3, -0.25) is 9.59 Å². The average molecular weight is 584 g/mol. The highest BCUT2D eigenvalue weighted by atomic mass is 35.5. The van der Waals surface area contributed by atoms with Gasteiger partial charge in [-0.2, -0.15) is 0 Å². The number of esters is 1. The van der Waals surface area contributed by atoms with Crippen molar-refractivity contribution in [3.05, 3.63) is 112 Å². The van der Waals surface area contributed by atoms with E-state index in [4.69, 9.17) is 16.3 Å². The lowest BCUT2D eigenvalue weighted by molar-refractivity contribution is -0.145. The van der Waals surface area contributed by atoms with Gasteiger partial charge in [-0.1, -0.05) is 98.8 Å². The van der Waals surface area contributed by atoms with Gasteiger partial charge in [0.05, 0.1) is 23.7 Å². The lowest BCUT2D eigenvalue weighted by Gasteiger charge is -2.20. The molecule has 4 rings (SSSR count). The Hall–Kier alpha value is -3.54. The molecule has 0 aliphatic heterocycles. The summed E-state index contributed by atoms with van der Waals surface area (Å²) in [6.45, 7) is 9.30. The van der Waals surface area contributed by atoms with Crippen LogP contribution in [0.4, 0.5) is 0 Å². The van der Waals surface area contributed by atoms with Gasteiger partial charge < -0.3 is 4.74 Å². The maximum absolute atomic E-state index is 13.2. The highest BCUT2D eigenvalue weighted by Gasteiger charge is 2.24. The predicted molar refractivity (Wildman–Crippen MR) is 173 cm³/mol. The van der Waals surface area contributed by atoms with Crippen LogP contribution in [-0.2, 0) is 16.0 Å². The highest BCUT2D eigenvalue weighted by molar-refractivity contribution is 6.76. The average Bonchev–Trinajstić information content (AvgIpc) is 2.95. The molecule has 6 heteroatoms. The molecule has 0 fully saturated rings.